The van der Waals surface area contributed by atoms with E-state index in [0.717, 1.165) is 37.5 Å². The van der Waals surface area contributed by atoms with Gasteiger partial charge in [0.05, 0.1) is 18.0 Å². The number of halogens is 1. The van der Waals surface area contributed by atoms with Gasteiger partial charge in [0, 0.05) is 48.1 Å². The number of nitrogens with one attached hydrogen (secondary N) is 3. The molecule has 0 bridgehead atoms. The fraction of sp³-hybridized carbons (Fsp3) is 0.350. The number of rotatable bonds is 6. The van der Waals surface area contributed by atoms with Gasteiger partial charge in [0.1, 0.15) is 12.2 Å². The summed E-state index contributed by atoms with van der Waals surface area (Å²) in [6.07, 6.45) is 1.76. The second kappa shape index (κ2) is 9.03. The van der Waals surface area contributed by atoms with Crippen LogP contribution in [0.25, 0.3) is 0 Å². The molecule has 2 aromatic rings. The Morgan fingerprint density at radius 3 is 2.50 bits per heavy atom. The van der Waals surface area contributed by atoms with E-state index in [4.69, 9.17) is 11.6 Å². The zero-order valence-corrected chi connectivity index (χ0v) is 16.5. The van der Waals surface area contributed by atoms with E-state index in [0.29, 0.717) is 11.3 Å². The molecule has 0 radical (unpaired) electrons. The van der Waals surface area contributed by atoms with Crippen LogP contribution < -0.4 is 15.5 Å². The molecule has 3 rings (SSSR count). The topological polar surface area (TPSA) is 88.7 Å². The van der Waals surface area contributed by atoms with Gasteiger partial charge in [-0.25, -0.2) is 0 Å². The van der Waals surface area contributed by atoms with Gasteiger partial charge in [0.15, 0.2) is 0 Å². The summed E-state index contributed by atoms with van der Waals surface area (Å²) in [6.45, 7) is 2.87. The molecule has 0 aromatic heterocycles. The first kappa shape index (κ1) is 20.1. The molecule has 0 saturated carbocycles. The summed E-state index contributed by atoms with van der Waals surface area (Å²) in [4.78, 5) is 24.7. The maximum absolute atomic E-state index is 12.5. The van der Waals surface area contributed by atoms with E-state index < -0.39 is 4.92 Å². The van der Waals surface area contributed by atoms with Crippen molar-refractivity contribution in [1.82, 2.24) is 5.32 Å². The molecule has 1 aliphatic heterocycles. The van der Waals surface area contributed by atoms with Crippen LogP contribution in [0.3, 0.4) is 0 Å². The lowest BCUT2D eigenvalue weighted by Crippen LogP contribution is -3.12. The number of nitro benzene ring substituents is 1. The van der Waals surface area contributed by atoms with Crippen LogP contribution in [0.5, 0.6) is 0 Å². The van der Waals surface area contributed by atoms with E-state index >= 15 is 0 Å². The standard InChI is InChI=1S/C20H23ClN4O3/c1-22-18-7-4-15(12-19(18)25(27)28)20(26)23-17-8-10-24(11-9-17)13-14-2-5-16(21)6-3-14/h2-7,12,17,22H,8-11,13H2,1H3,(H,23,26)/p+1. The predicted octanol–water partition coefficient (Wildman–Crippen LogP) is 2.27. The van der Waals surface area contributed by atoms with Crippen molar-refractivity contribution in [3.05, 3.63) is 68.7 Å². The van der Waals surface area contributed by atoms with Gasteiger partial charge in [-0.1, -0.05) is 23.7 Å². The number of piperidine rings is 1. The van der Waals surface area contributed by atoms with Gasteiger partial charge in [-0.3, -0.25) is 14.9 Å². The van der Waals surface area contributed by atoms with Crippen molar-refractivity contribution in [1.29, 1.82) is 0 Å². The summed E-state index contributed by atoms with van der Waals surface area (Å²) < 4.78 is 0. The van der Waals surface area contributed by atoms with Crippen LogP contribution in [0.15, 0.2) is 42.5 Å². The number of benzene rings is 2. The van der Waals surface area contributed by atoms with Gasteiger partial charge in [-0.15, -0.1) is 0 Å². The highest BCUT2D eigenvalue weighted by molar-refractivity contribution is 6.30. The Morgan fingerprint density at radius 2 is 1.89 bits per heavy atom. The number of quaternary nitrogens is 1. The SMILES string of the molecule is CNc1ccc(C(=O)NC2CC[NH+](Cc3ccc(Cl)cc3)CC2)cc1[N+](=O)[O-]. The average Bonchev–Trinajstić information content (AvgIpc) is 2.70. The third kappa shape index (κ3) is 4.99. The van der Waals surface area contributed by atoms with Crippen molar-refractivity contribution < 1.29 is 14.6 Å². The Morgan fingerprint density at radius 1 is 1.21 bits per heavy atom. The Hall–Kier alpha value is -2.64. The summed E-state index contributed by atoms with van der Waals surface area (Å²) >= 11 is 5.93. The molecule has 1 heterocycles. The number of carbonyl (C=O) groups is 1. The molecule has 28 heavy (non-hydrogen) atoms. The van der Waals surface area contributed by atoms with Gasteiger partial charge >= 0.3 is 0 Å². The highest BCUT2D eigenvalue weighted by Gasteiger charge is 2.25. The largest absolute Gasteiger partial charge is 0.383 e. The van der Waals surface area contributed by atoms with Gasteiger partial charge in [0.2, 0.25) is 0 Å². The first-order valence-corrected chi connectivity index (χ1v) is 9.69. The molecule has 1 saturated heterocycles. The number of carbonyl (C=O) groups excluding carboxylic acids is 1. The van der Waals surface area contributed by atoms with Crippen LogP contribution in [0.2, 0.25) is 5.02 Å². The molecule has 1 aliphatic rings. The highest BCUT2D eigenvalue weighted by Crippen LogP contribution is 2.25. The number of anilines is 1. The van der Waals surface area contributed by atoms with Crippen molar-refractivity contribution in [2.24, 2.45) is 0 Å². The average molecular weight is 404 g/mol. The first-order chi connectivity index (χ1) is 13.5. The van der Waals surface area contributed by atoms with E-state index in [9.17, 15) is 14.9 Å². The molecule has 0 unspecified atom stereocenters. The minimum Gasteiger partial charge on any atom is -0.383 e. The number of likely N-dealkylation sites (tertiary alicyclic amines) is 1. The van der Waals surface area contributed by atoms with Crippen LogP contribution in [0.1, 0.15) is 28.8 Å². The maximum Gasteiger partial charge on any atom is 0.293 e. The van der Waals surface area contributed by atoms with Crippen molar-refractivity contribution in [2.75, 3.05) is 25.5 Å². The van der Waals surface area contributed by atoms with Crippen LogP contribution in [-0.4, -0.2) is 37.0 Å². The van der Waals surface area contributed by atoms with E-state index in [2.05, 4.69) is 10.6 Å². The van der Waals surface area contributed by atoms with E-state index in [1.807, 2.05) is 24.3 Å². The van der Waals surface area contributed by atoms with Crippen molar-refractivity contribution >= 4 is 28.9 Å². The highest BCUT2D eigenvalue weighted by atomic mass is 35.5. The van der Waals surface area contributed by atoms with Crippen molar-refractivity contribution in [3.63, 3.8) is 0 Å². The molecule has 1 fully saturated rings. The fourth-order valence-corrected chi connectivity index (χ4v) is 3.67. The van der Waals surface area contributed by atoms with Gasteiger partial charge in [0.25, 0.3) is 11.6 Å². The lowest BCUT2D eigenvalue weighted by Gasteiger charge is -2.29. The monoisotopic (exact) mass is 403 g/mol. The normalized spacial score (nSPS) is 19.1. The number of nitrogens with zero attached hydrogens (tertiary/aromatic N) is 1. The predicted molar refractivity (Wildman–Crippen MR) is 109 cm³/mol. The molecular formula is C20H24ClN4O3+. The number of hydrogen-bond acceptors (Lipinski definition) is 4. The molecular weight excluding hydrogens is 380 g/mol. The quantitative estimate of drug-likeness (QED) is 0.510. The lowest BCUT2D eigenvalue weighted by molar-refractivity contribution is -0.918. The number of nitro groups is 1. The van der Waals surface area contributed by atoms with Crippen LogP contribution in [0, 0.1) is 10.1 Å². The summed E-state index contributed by atoms with van der Waals surface area (Å²) in [7, 11) is 1.61. The van der Waals surface area contributed by atoms with Crippen LogP contribution in [-0.2, 0) is 6.54 Å². The first-order valence-electron chi connectivity index (χ1n) is 9.31. The van der Waals surface area contributed by atoms with Gasteiger partial charge in [-0.2, -0.15) is 0 Å². The van der Waals surface area contributed by atoms with Gasteiger partial charge in [-0.05, 0) is 24.3 Å². The minimum atomic E-state index is -0.485. The molecule has 8 heteroatoms. The molecule has 1 amide bonds. The Kier molecular flexibility index (Phi) is 6.49. The third-order valence-corrected chi connectivity index (χ3v) is 5.37. The molecule has 148 valence electrons. The second-order valence-corrected chi connectivity index (χ2v) is 7.48. The minimum absolute atomic E-state index is 0.0875. The summed E-state index contributed by atoms with van der Waals surface area (Å²) in [5.41, 5.74) is 1.85. The molecule has 0 aliphatic carbocycles. The summed E-state index contributed by atoms with van der Waals surface area (Å²) in [5, 5.41) is 17.7. The summed E-state index contributed by atoms with van der Waals surface area (Å²) in [6, 6.07) is 12.5. The van der Waals surface area contributed by atoms with E-state index in [1.54, 1.807) is 19.2 Å². The zero-order chi connectivity index (χ0) is 20.1. The molecule has 0 spiro atoms. The number of hydrogen-bond donors (Lipinski definition) is 3. The molecule has 0 atom stereocenters. The smallest absolute Gasteiger partial charge is 0.293 e. The third-order valence-electron chi connectivity index (χ3n) is 5.12. The zero-order valence-electron chi connectivity index (χ0n) is 15.7. The maximum atomic E-state index is 12.5. The van der Waals surface area contributed by atoms with Crippen molar-refractivity contribution in [2.45, 2.75) is 25.4 Å². The second-order valence-electron chi connectivity index (χ2n) is 7.04. The Balaban J connectivity index is 1.54. The summed E-state index contributed by atoms with van der Waals surface area (Å²) in [5.74, 6) is -0.267. The fourth-order valence-electron chi connectivity index (χ4n) is 3.54. The van der Waals surface area contributed by atoms with Crippen LogP contribution >= 0.6 is 11.6 Å². The molecule has 3 N–H and O–H groups in total. The molecule has 2 aromatic carbocycles. The van der Waals surface area contributed by atoms with E-state index in [-0.39, 0.29) is 17.6 Å². The Bertz CT molecular complexity index is 849. The van der Waals surface area contributed by atoms with Crippen molar-refractivity contribution in [3.8, 4) is 0 Å². The van der Waals surface area contributed by atoms with E-state index in [1.165, 1.54) is 16.5 Å². The lowest BCUT2D eigenvalue weighted by atomic mass is 10.0. The van der Waals surface area contributed by atoms with Gasteiger partial charge < -0.3 is 15.5 Å². The molecule has 7 nitrogen and oxygen atoms in total. The Labute approximate surface area is 168 Å². The number of amides is 1. The van der Waals surface area contributed by atoms with Crippen LogP contribution in [0.4, 0.5) is 11.4 Å².